The zero-order chi connectivity index (χ0) is 69.0. The summed E-state index contributed by atoms with van der Waals surface area (Å²) >= 11 is 3.64. The summed E-state index contributed by atoms with van der Waals surface area (Å²) in [7, 11) is -1.43. The molecule has 20 rings (SSSR count). The van der Waals surface area contributed by atoms with Crippen molar-refractivity contribution in [3.05, 3.63) is 395 Å². The fourth-order valence-electron chi connectivity index (χ4n) is 19.0. The summed E-state index contributed by atoms with van der Waals surface area (Å²) in [4.78, 5) is 0. The van der Waals surface area contributed by atoms with Gasteiger partial charge in [0.05, 0.1) is 0 Å². The van der Waals surface area contributed by atoms with Crippen LogP contribution in [0, 0.1) is 65.1 Å². The Morgan fingerprint density at radius 3 is 1.44 bits per heavy atom. The van der Waals surface area contributed by atoms with E-state index in [0.717, 1.165) is 15.2 Å². The lowest BCUT2D eigenvalue weighted by molar-refractivity contribution is 0.336. The van der Waals surface area contributed by atoms with Crippen LogP contribution in [0.2, 0.25) is 0 Å². The number of rotatable bonds is 6. The van der Waals surface area contributed by atoms with Crippen LogP contribution in [0.5, 0.6) is 0 Å². The van der Waals surface area contributed by atoms with Gasteiger partial charge in [-0.25, -0.2) is 0 Å². The molecule has 9 aromatic carbocycles. The number of benzene rings is 9. The Labute approximate surface area is 609 Å². The van der Waals surface area contributed by atoms with Crippen molar-refractivity contribution in [3.63, 3.8) is 0 Å². The molecule has 0 saturated carbocycles. The molecule has 11 aliphatic rings. The Hall–Kier alpha value is -9.94. The van der Waals surface area contributed by atoms with Crippen LogP contribution in [0.15, 0.2) is 367 Å². The van der Waals surface area contributed by atoms with Crippen LogP contribution < -0.4 is 5.46 Å². The molecule has 9 aromatic rings. The highest BCUT2D eigenvalue weighted by molar-refractivity contribution is 9.10. The van der Waals surface area contributed by atoms with E-state index >= 15 is 0 Å². The molecule has 0 amide bonds. The van der Waals surface area contributed by atoms with Gasteiger partial charge in [-0.2, -0.15) is 0 Å². The Morgan fingerprint density at radius 1 is 0.333 bits per heavy atom. The lowest BCUT2D eigenvalue weighted by Gasteiger charge is -2.41. The smallest absolute Gasteiger partial charge is 0.423 e. The molecule has 2 N–H and O–H groups in total. The molecule has 0 bridgehead atoms. The topological polar surface area (TPSA) is 40.5 Å². The molecule has 0 aliphatic heterocycles. The van der Waals surface area contributed by atoms with Crippen LogP contribution in [0.25, 0.3) is 71.3 Å². The van der Waals surface area contributed by atoms with Gasteiger partial charge >= 0.3 is 7.12 Å². The second-order valence-electron chi connectivity index (χ2n) is 30.9. The number of allylic oxidation sites excluding steroid dienone is 32. The summed E-state index contributed by atoms with van der Waals surface area (Å²) < 4.78 is 1.15. The van der Waals surface area contributed by atoms with Crippen molar-refractivity contribution in [2.45, 2.75) is 44.4 Å². The second kappa shape index (κ2) is 25.8. The van der Waals surface area contributed by atoms with E-state index in [9.17, 15) is 10.0 Å². The van der Waals surface area contributed by atoms with E-state index < -0.39 is 7.12 Å². The molecule has 496 valence electrons. The van der Waals surface area contributed by atoms with E-state index in [-0.39, 0.29) is 10.8 Å². The van der Waals surface area contributed by atoms with Crippen LogP contribution in [-0.4, -0.2) is 17.2 Å². The van der Waals surface area contributed by atoms with Crippen LogP contribution >= 0.6 is 15.9 Å². The Balaban J connectivity index is 0.000000119. The molecule has 102 heavy (non-hydrogen) atoms. The quantitative estimate of drug-likeness (QED) is 0.163. The van der Waals surface area contributed by atoms with Crippen molar-refractivity contribution in [1.29, 1.82) is 0 Å². The third kappa shape index (κ3) is 11.4. The Morgan fingerprint density at radius 2 is 0.784 bits per heavy atom. The lowest BCUT2D eigenvalue weighted by atomic mass is 9.63. The first-order valence-corrected chi connectivity index (χ1v) is 37.6. The predicted molar refractivity (Wildman–Crippen MR) is 433 cm³/mol. The van der Waals surface area contributed by atoms with Gasteiger partial charge in [0.15, 0.2) is 0 Å². The number of hydrogen-bond acceptors (Lipinski definition) is 2. The summed E-state index contributed by atoms with van der Waals surface area (Å²) in [5.74, 6) is 5.49. The molecular formula is C98H82BBrO2. The first-order chi connectivity index (χ1) is 49.7. The minimum atomic E-state index is -1.43. The van der Waals surface area contributed by atoms with Crippen molar-refractivity contribution >= 4 is 66.4 Å². The normalized spacial score (nSPS) is 26.6. The van der Waals surface area contributed by atoms with Gasteiger partial charge in [-0.15, -0.1) is 0 Å². The Bertz CT molecular complexity index is 5490. The fourth-order valence-corrected chi connectivity index (χ4v) is 19.3. The molecular weight excluding hydrogens is 1300 g/mol. The van der Waals surface area contributed by atoms with Gasteiger partial charge in [0.1, 0.15) is 0 Å². The van der Waals surface area contributed by atoms with E-state index in [1.54, 1.807) is 6.07 Å². The van der Waals surface area contributed by atoms with Crippen LogP contribution in [-0.2, 0) is 10.8 Å². The highest BCUT2D eigenvalue weighted by atomic mass is 79.9. The third-order valence-corrected chi connectivity index (χ3v) is 25.0. The zero-order valence-corrected chi connectivity index (χ0v) is 59.7. The first-order valence-electron chi connectivity index (χ1n) is 36.8. The molecule has 0 heterocycles. The average Bonchev–Trinajstić information content (AvgIpc) is 1.52. The van der Waals surface area contributed by atoms with Gasteiger partial charge in [0.2, 0.25) is 0 Å². The van der Waals surface area contributed by atoms with Crippen molar-refractivity contribution in [3.8, 4) is 33.4 Å². The minimum Gasteiger partial charge on any atom is -0.423 e. The van der Waals surface area contributed by atoms with E-state index in [4.69, 9.17) is 0 Å². The monoisotopic (exact) mass is 1380 g/mol. The van der Waals surface area contributed by atoms with Gasteiger partial charge in [-0.1, -0.05) is 347 Å². The van der Waals surface area contributed by atoms with E-state index in [2.05, 4.69) is 365 Å². The third-order valence-electron chi connectivity index (χ3n) is 24.5. The van der Waals surface area contributed by atoms with Gasteiger partial charge in [-0.3, -0.25) is 0 Å². The molecule has 2 nitrogen and oxygen atoms in total. The summed E-state index contributed by atoms with van der Waals surface area (Å²) in [6.07, 6.45) is 63.9. The predicted octanol–water partition coefficient (Wildman–Crippen LogP) is 23.1. The number of halogens is 1. The van der Waals surface area contributed by atoms with E-state index in [0.29, 0.717) is 76.5 Å². The van der Waals surface area contributed by atoms with Gasteiger partial charge in [0, 0.05) is 51.3 Å². The molecule has 11 aliphatic carbocycles. The first kappa shape index (κ1) is 64.2. The zero-order valence-electron chi connectivity index (χ0n) is 58.1. The molecule has 0 saturated heterocycles. The summed E-state index contributed by atoms with van der Waals surface area (Å²) in [6.45, 7) is 9.56. The van der Waals surface area contributed by atoms with Crippen molar-refractivity contribution in [2.24, 2.45) is 65.1 Å². The fraction of sp³-hybridized carbons (Fsp3) is 0.184. The standard InChI is InChI=1S/C49H42.C25H19Br.C24H21BO2/c1-49(2)47-29-37(34-16-15-31-9-3-4-10-32(31)25-34)21-23-44(47)45-24-22-38(30-48(45)49)35-17-18-36-27-40(20-19-33(36)26-35)46-28-39-11-5-6-12-41(39)42-13-7-8-14-43(42)46;1-25(2)23-14-19(18-8-7-16-5-3-4-6-17(16)13-18)9-11-21(23)22-12-10-20(26)15-24(22)25;26-25(27)20-12-11-16-13-19(10-9-17(16)14-20)24-15-18-5-1-2-6-21(18)22-7-3-4-8-23(22)24/h3-30,33,36,39,41-43,45,48H,1-2H3;3-15H,1-2H3;1-15,18,21-23,26-27H. The van der Waals surface area contributed by atoms with Crippen molar-refractivity contribution in [2.75, 3.05) is 0 Å². The number of hydrogen-bond donors (Lipinski definition) is 2. The molecule has 0 fully saturated rings. The maximum absolute atomic E-state index is 9.40. The highest BCUT2D eigenvalue weighted by Gasteiger charge is 2.46. The van der Waals surface area contributed by atoms with Crippen molar-refractivity contribution in [1.82, 2.24) is 0 Å². The minimum absolute atomic E-state index is 0.0152. The highest BCUT2D eigenvalue weighted by Crippen LogP contribution is 2.57. The summed E-state index contributed by atoms with van der Waals surface area (Å²) in [5.41, 5.74) is 22.5. The van der Waals surface area contributed by atoms with Crippen LogP contribution in [0.1, 0.15) is 61.4 Å². The second-order valence-corrected chi connectivity index (χ2v) is 31.8. The van der Waals surface area contributed by atoms with Crippen LogP contribution in [0.4, 0.5) is 0 Å². The van der Waals surface area contributed by atoms with Gasteiger partial charge in [-0.05, 0) is 198 Å². The SMILES string of the molecule is CC1(C)c2cc(-c3ccc4ccccc4c3)ccc2C2C=CC(C3=CC4C=CC(C5=CC6C=CC=CC6C6C=CC=CC56)=CC4C=C3)=CC21.CC1(C)c2cc(Br)ccc2-c2ccc(-c3ccc4ccccc4c3)cc21.OB(O)c1ccc2cc(C3=CC4C=CC=CC4C4C=CC=CC34)ccc2c1. The largest absolute Gasteiger partial charge is 0.488 e. The average molecular weight is 1380 g/mol. The lowest BCUT2D eigenvalue weighted by Crippen LogP contribution is -2.33. The molecule has 12 unspecified atom stereocenters. The van der Waals surface area contributed by atoms with Gasteiger partial charge in [0.25, 0.3) is 0 Å². The van der Waals surface area contributed by atoms with E-state index in [1.807, 2.05) is 12.1 Å². The molecule has 0 spiro atoms. The maximum Gasteiger partial charge on any atom is 0.488 e. The maximum atomic E-state index is 9.40. The molecule has 0 aromatic heterocycles. The molecule has 0 radical (unpaired) electrons. The van der Waals surface area contributed by atoms with Crippen molar-refractivity contribution < 1.29 is 10.0 Å². The summed E-state index contributed by atoms with van der Waals surface area (Å²) in [6, 6.07) is 63.7. The molecule has 12 atom stereocenters. The summed E-state index contributed by atoms with van der Waals surface area (Å²) in [5, 5.41) is 26.1. The Kier molecular flexibility index (Phi) is 16.3. The van der Waals surface area contributed by atoms with E-state index in [1.165, 1.54) is 111 Å². The van der Waals surface area contributed by atoms with Gasteiger partial charge < -0.3 is 10.0 Å². The molecule has 4 heteroatoms. The van der Waals surface area contributed by atoms with Crippen LogP contribution in [0.3, 0.4) is 0 Å². The number of fused-ring (bicyclic) bond motifs is 16.